The number of aryl methyl sites for hydroxylation is 1. The van der Waals surface area contributed by atoms with Crippen LogP contribution in [0, 0.1) is 6.92 Å². The second kappa shape index (κ2) is 8.11. The first kappa shape index (κ1) is 16.7. The zero-order valence-electron chi connectivity index (χ0n) is 13.0. The van der Waals surface area contributed by atoms with Crippen molar-refractivity contribution in [1.82, 2.24) is 4.90 Å². The van der Waals surface area contributed by atoms with Gasteiger partial charge >= 0.3 is 0 Å². The number of benzene rings is 2. The van der Waals surface area contributed by atoms with Crippen LogP contribution in [-0.2, 0) is 11.3 Å². The Morgan fingerprint density at radius 1 is 1.18 bits per heavy atom. The maximum Gasteiger partial charge on any atom is 0.225 e. The summed E-state index contributed by atoms with van der Waals surface area (Å²) < 4.78 is 0.915. The van der Waals surface area contributed by atoms with Crippen LogP contribution in [0.4, 0.5) is 5.69 Å². The third-order valence-corrected chi connectivity index (χ3v) is 4.07. The number of anilines is 1. The molecule has 0 aliphatic rings. The van der Waals surface area contributed by atoms with Gasteiger partial charge in [0.25, 0.3) is 0 Å². The van der Waals surface area contributed by atoms with E-state index >= 15 is 0 Å². The van der Waals surface area contributed by atoms with E-state index in [1.807, 2.05) is 50.4 Å². The smallest absolute Gasteiger partial charge is 0.225 e. The van der Waals surface area contributed by atoms with E-state index in [4.69, 9.17) is 0 Å². The molecule has 0 radical (unpaired) electrons. The molecule has 0 aliphatic carbocycles. The van der Waals surface area contributed by atoms with E-state index in [9.17, 15) is 4.79 Å². The summed E-state index contributed by atoms with van der Waals surface area (Å²) in [5.41, 5.74) is 3.24. The second-order valence-electron chi connectivity index (χ2n) is 5.50. The minimum atomic E-state index is 0.0319. The zero-order valence-corrected chi connectivity index (χ0v) is 14.6. The molecule has 0 bridgehead atoms. The molecule has 2 aromatic carbocycles. The maximum atomic E-state index is 12.0. The lowest BCUT2D eigenvalue weighted by molar-refractivity contribution is -0.116. The monoisotopic (exact) mass is 360 g/mol. The molecule has 0 saturated carbocycles. The number of rotatable bonds is 6. The highest BCUT2D eigenvalue weighted by Crippen LogP contribution is 2.23. The largest absolute Gasteiger partial charge is 0.325 e. The average molecular weight is 361 g/mol. The van der Waals surface area contributed by atoms with E-state index in [1.54, 1.807) is 0 Å². The summed E-state index contributed by atoms with van der Waals surface area (Å²) in [5.74, 6) is 0.0319. The molecule has 3 nitrogen and oxygen atoms in total. The van der Waals surface area contributed by atoms with Gasteiger partial charge in [0.05, 0.1) is 5.69 Å². The van der Waals surface area contributed by atoms with Crippen molar-refractivity contribution < 1.29 is 4.79 Å². The molecule has 1 N–H and O–H groups in total. The van der Waals surface area contributed by atoms with E-state index in [0.717, 1.165) is 28.8 Å². The van der Waals surface area contributed by atoms with Crippen LogP contribution >= 0.6 is 15.9 Å². The van der Waals surface area contributed by atoms with Gasteiger partial charge in [0.15, 0.2) is 0 Å². The third-order valence-electron chi connectivity index (χ3n) is 3.41. The number of amides is 1. The van der Waals surface area contributed by atoms with Crippen molar-refractivity contribution in [2.75, 3.05) is 18.9 Å². The Balaban J connectivity index is 1.80. The Labute approximate surface area is 140 Å². The summed E-state index contributed by atoms with van der Waals surface area (Å²) in [7, 11) is 2.03. The highest BCUT2D eigenvalue weighted by molar-refractivity contribution is 9.10. The first-order chi connectivity index (χ1) is 10.5. The van der Waals surface area contributed by atoms with Gasteiger partial charge in [0.2, 0.25) is 5.91 Å². The molecule has 0 aromatic heterocycles. The van der Waals surface area contributed by atoms with E-state index in [2.05, 4.69) is 38.3 Å². The standard InChI is InChI=1S/C18H21BrN2O/c1-14-8-9-17(16(19)12-14)20-18(22)10-11-21(2)13-15-6-4-3-5-7-15/h3-9,12H,10-11,13H2,1-2H3,(H,20,22). The molecule has 0 atom stereocenters. The molecule has 0 saturated heterocycles. The molecule has 22 heavy (non-hydrogen) atoms. The van der Waals surface area contributed by atoms with E-state index in [-0.39, 0.29) is 5.91 Å². The van der Waals surface area contributed by atoms with Crippen LogP contribution in [0.5, 0.6) is 0 Å². The van der Waals surface area contributed by atoms with Gasteiger partial charge in [0.1, 0.15) is 0 Å². The average Bonchev–Trinajstić information content (AvgIpc) is 2.49. The quantitative estimate of drug-likeness (QED) is 0.836. The molecule has 0 heterocycles. The summed E-state index contributed by atoms with van der Waals surface area (Å²) in [6.45, 7) is 3.60. The van der Waals surface area contributed by atoms with Gasteiger partial charge in [-0.1, -0.05) is 36.4 Å². The van der Waals surface area contributed by atoms with Crippen molar-refractivity contribution in [3.05, 3.63) is 64.1 Å². The number of nitrogens with one attached hydrogen (secondary N) is 1. The highest BCUT2D eigenvalue weighted by atomic mass is 79.9. The number of carbonyl (C=O) groups is 1. The minimum absolute atomic E-state index is 0.0319. The Kier molecular flexibility index (Phi) is 6.16. The molecule has 116 valence electrons. The van der Waals surface area contributed by atoms with Crippen LogP contribution in [0.15, 0.2) is 53.0 Å². The summed E-state index contributed by atoms with van der Waals surface area (Å²) in [4.78, 5) is 14.2. The van der Waals surface area contributed by atoms with Gasteiger partial charge < -0.3 is 10.2 Å². The normalized spacial score (nSPS) is 10.7. The molecule has 0 spiro atoms. The minimum Gasteiger partial charge on any atom is -0.325 e. The summed E-state index contributed by atoms with van der Waals surface area (Å²) in [6.07, 6.45) is 0.476. The number of hydrogen-bond donors (Lipinski definition) is 1. The zero-order chi connectivity index (χ0) is 15.9. The first-order valence-electron chi connectivity index (χ1n) is 7.33. The van der Waals surface area contributed by atoms with Crippen LogP contribution in [0.25, 0.3) is 0 Å². The highest BCUT2D eigenvalue weighted by Gasteiger charge is 2.08. The lowest BCUT2D eigenvalue weighted by atomic mass is 10.2. The van der Waals surface area contributed by atoms with Gasteiger partial charge in [-0.2, -0.15) is 0 Å². The Hall–Kier alpha value is -1.65. The molecule has 1 amide bonds. The summed E-state index contributed by atoms with van der Waals surface area (Å²) >= 11 is 3.47. The number of hydrogen-bond acceptors (Lipinski definition) is 2. The Bertz CT molecular complexity index is 628. The van der Waals surface area contributed by atoms with Crippen LogP contribution in [0.3, 0.4) is 0 Å². The lowest BCUT2D eigenvalue weighted by Gasteiger charge is -2.16. The van der Waals surface area contributed by atoms with Crippen molar-refractivity contribution in [2.45, 2.75) is 19.9 Å². The van der Waals surface area contributed by atoms with Crippen molar-refractivity contribution in [3.63, 3.8) is 0 Å². The summed E-state index contributed by atoms with van der Waals surface area (Å²) in [6, 6.07) is 16.2. The molecular weight excluding hydrogens is 340 g/mol. The predicted molar refractivity (Wildman–Crippen MR) is 94.9 cm³/mol. The molecule has 2 aromatic rings. The fourth-order valence-corrected chi connectivity index (χ4v) is 2.79. The molecular formula is C18H21BrN2O. The van der Waals surface area contributed by atoms with Crippen LogP contribution in [-0.4, -0.2) is 24.4 Å². The Morgan fingerprint density at radius 3 is 2.59 bits per heavy atom. The first-order valence-corrected chi connectivity index (χ1v) is 8.12. The van der Waals surface area contributed by atoms with Crippen molar-refractivity contribution in [2.24, 2.45) is 0 Å². The molecule has 2 rings (SSSR count). The molecule has 0 aliphatic heterocycles. The predicted octanol–water partition coefficient (Wildman–Crippen LogP) is 4.22. The van der Waals surface area contributed by atoms with Gasteiger partial charge in [-0.05, 0) is 53.2 Å². The molecule has 0 fully saturated rings. The van der Waals surface area contributed by atoms with Crippen molar-refractivity contribution in [3.8, 4) is 0 Å². The topological polar surface area (TPSA) is 32.3 Å². The summed E-state index contributed by atoms with van der Waals surface area (Å²) in [5, 5.41) is 2.94. The van der Waals surface area contributed by atoms with Gasteiger partial charge in [0, 0.05) is 24.0 Å². The number of halogens is 1. The van der Waals surface area contributed by atoms with Crippen LogP contribution in [0.1, 0.15) is 17.5 Å². The van der Waals surface area contributed by atoms with E-state index in [0.29, 0.717) is 6.42 Å². The lowest BCUT2D eigenvalue weighted by Crippen LogP contribution is -2.24. The molecule has 0 unspecified atom stereocenters. The van der Waals surface area contributed by atoms with E-state index in [1.165, 1.54) is 5.56 Å². The van der Waals surface area contributed by atoms with Crippen molar-refractivity contribution in [1.29, 1.82) is 0 Å². The number of nitrogens with zero attached hydrogens (tertiary/aromatic N) is 1. The maximum absolute atomic E-state index is 12.0. The van der Waals surface area contributed by atoms with Gasteiger partial charge in [-0.3, -0.25) is 4.79 Å². The fourth-order valence-electron chi connectivity index (χ4n) is 2.20. The number of carbonyl (C=O) groups excluding carboxylic acids is 1. The van der Waals surface area contributed by atoms with Crippen LogP contribution in [0.2, 0.25) is 0 Å². The Morgan fingerprint density at radius 2 is 1.91 bits per heavy atom. The van der Waals surface area contributed by atoms with Gasteiger partial charge in [-0.25, -0.2) is 0 Å². The van der Waals surface area contributed by atoms with Gasteiger partial charge in [-0.15, -0.1) is 0 Å². The fraction of sp³-hybridized carbons (Fsp3) is 0.278. The van der Waals surface area contributed by atoms with Crippen LogP contribution < -0.4 is 5.32 Å². The SMILES string of the molecule is Cc1ccc(NC(=O)CCN(C)Cc2ccccc2)c(Br)c1. The molecule has 4 heteroatoms. The van der Waals surface area contributed by atoms with Crippen molar-refractivity contribution >= 4 is 27.5 Å². The second-order valence-corrected chi connectivity index (χ2v) is 6.36. The third kappa shape index (κ3) is 5.28. The van der Waals surface area contributed by atoms with E-state index < -0.39 is 0 Å².